The van der Waals surface area contributed by atoms with Gasteiger partial charge in [0.05, 0.1) is 10.0 Å². The number of imide groups is 1. The van der Waals surface area contributed by atoms with Gasteiger partial charge in [-0.1, -0.05) is 55.3 Å². The number of nitrogens with zero attached hydrogens (tertiary/aromatic N) is 1. The van der Waals surface area contributed by atoms with Gasteiger partial charge in [-0.05, 0) is 54.4 Å². The highest BCUT2D eigenvalue weighted by molar-refractivity contribution is 6.42. The van der Waals surface area contributed by atoms with Crippen LogP contribution in [0.5, 0.6) is 0 Å². The van der Waals surface area contributed by atoms with Gasteiger partial charge in [-0.25, -0.2) is 4.79 Å². The molecule has 0 aliphatic heterocycles. The summed E-state index contributed by atoms with van der Waals surface area (Å²) in [6, 6.07) is 5.61. The van der Waals surface area contributed by atoms with Crippen LogP contribution in [0.2, 0.25) is 10.0 Å². The number of carboxylic acids is 1. The number of carbonyl (C=O) groups excluding carboxylic acids is 2. The van der Waals surface area contributed by atoms with Crippen molar-refractivity contribution in [2.75, 3.05) is 6.54 Å². The molecule has 5 nitrogen and oxygen atoms in total. The van der Waals surface area contributed by atoms with E-state index in [-0.39, 0.29) is 12.5 Å². The Morgan fingerprint density at radius 3 is 2.50 bits per heavy atom. The lowest BCUT2D eigenvalue weighted by Crippen LogP contribution is -2.42. The first-order chi connectivity index (χ1) is 13.1. The maximum atomic E-state index is 12.4. The van der Waals surface area contributed by atoms with Crippen molar-refractivity contribution in [1.29, 1.82) is 0 Å². The molecule has 1 N–H and O–H groups in total. The minimum absolute atomic E-state index is 0.0325. The minimum Gasteiger partial charge on any atom is -0.474 e. The van der Waals surface area contributed by atoms with Crippen molar-refractivity contribution in [1.82, 2.24) is 4.90 Å². The van der Waals surface area contributed by atoms with E-state index < -0.39 is 17.8 Å². The molecule has 2 atom stereocenters. The lowest BCUT2D eigenvalue weighted by atomic mass is 10.1. The first kappa shape index (κ1) is 22.2. The van der Waals surface area contributed by atoms with Crippen LogP contribution < -0.4 is 0 Å². The Morgan fingerprint density at radius 1 is 1.25 bits per heavy atom. The number of benzene rings is 1. The molecule has 1 saturated carbocycles. The number of rotatable bonds is 6. The van der Waals surface area contributed by atoms with Crippen molar-refractivity contribution in [2.45, 2.75) is 33.1 Å². The van der Waals surface area contributed by atoms with Gasteiger partial charge < -0.3 is 5.11 Å². The largest absolute Gasteiger partial charge is 0.474 e. The number of amides is 2. The molecule has 0 heterocycles. The van der Waals surface area contributed by atoms with Gasteiger partial charge in [0.15, 0.2) is 0 Å². The van der Waals surface area contributed by atoms with Gasteiger partial charge in [0.1, 0.15) is 0 Å². The second-order valence-corrected chi connectivity index (χ2v) is 8.19. The number of hydrogen-bond donors (Lipinski definition) is 1. The molecule has 0 spiro atoms. The highest BCUT2D eigenvalue weighted by Crippen LogP contribution is 2.49. The Labute approximate surface area is 174 Å². The van der Waals surface area contributed by atoms with Gasteiger partial charge in [0.2, 0.25) is 0 Å². The monoisotopic (exact) mass is 423 g/mol. The summed E-state index contributed by atoms with van der Waals surface area (Å²) in [7, 11) is 0. The van der Waals surface area contributed by atoms with E-state index in [1.165, 1.54) is 6.08 Å². The molecule has 0 aromatic heterocycles. The average Bonchev–Trinajstić information content (AvgIpc) is 3.39. The highest BCUT2D eigenvalue weighted by Gasteiger charge is 2.36. The topological polar surface area (TPSA) is 74.7 Å². The number of carbonyl (C=O) groups is 3. The Balaban J connectivity index is 2.02. The number of halogens is 2. The second-order valence-electron chi connectivity index (χ2n) is 7.38. The van der Waals surface area contributed by atoms with Crippen LogP contribution in [0.1, 0.15) is 38.7 Å². The fourth-order valence-corrected chi connectivity index (χ4v) is 3.21. The molecule has 1 aromatic carbocycles. The van der Waals surface area contributed by atoms with Crippen molar-refractivity contribution >= 4 is 41.0 Å². The van der Waals surface area contributed by atoms with Crippen LogP contribution in [0, 0.1) is 11.8 Å². The summed E-state index contributed by atoms with van der Waals surface area (Å²) in [6.45, 7) is 5.41. The van der Waals surface area contributed by atoms with Crippen LogP contribution in [-0.2, 0) is 14.4 Å². The summed E-state index contributed by atoms with van der Waals surface area (Å²) in [4.78, 5) is 35.8. The normalized spacial score (nSPS) is 19.1. The molecule has 1 aliphatic carbocycles. The van der Waals surface area contributed by atoms with Crippen molar-refractivity contribution in [3.63, 3.8) is 0 Å². The van der Waals surface area contributed by atoms with E-state index in [1.807, 2.05) is 38.1 Å². The van der Waals surface area contributed by atoms with Crippen LogP contribution in [0.4, 0.5) is 0 Å². The Hall–Kier alpha value is -2.11. The summed E-state index contributed by atoms with van der Waals surface area (Å²) in [5.74, 6) is -2.81. The Morgan fingerprint density at radius 2 is 1.93 bits per heavy atom. The molecule has 2 rings (SSSR count). The van der Waals surface area contributed by atoms with Crippen molar-refractivity contribution < 1.29 is 19.5 Å². The number of hydrogen-bond acceptors (Lipinski definition) is 3. The zero-order valence-electron chi connectivity index (χ0n) is 16.0. The SMILES string of the molecule is CC(C=CC1CC1c1ccc(Cl)c(Cl)c1)=CC(=O)N(CC(C)C)C(=O)C(=O)O. The van der Waals surface area contributed by atoms with Gasteiger partial charge in [-0.3, -0.25) is 14.5 Å². The van der Waals surface area contributed by atoms with Crippen molar-refractivity contribution in [3.8, 4) is 0 Å². The lowest BCUT2D eigenvalue weighted by molar-refractivity contribution is -0.159. The van der Waals surface area contributed by atoms with Gasteiger partial charge in [0.25, 0.3) is 5.91 Å². The van der Waals surface area contributed by atoms with Crippen LogP contribution in [-0.4, -0.2) is 34.3 Å². The second kappa shape index (κ2) is 9.39. The third-order valence-corrected chi connectivity index (χ3v) is 5.15. The van der Waals surface area contributed by atoms with Crippen LogP contribution >= 0.6 is 23.2 Å². The summed E-state index contributed by atoms with van der Waals surface area (Å²) in [6.07, 6.45) is 6.10. The molecule has 2 amide bonds. The molecule has 1 aliphatic rings. The predicted octanol–water partition coefficient (Wildman–Crippen LogP) is 4.70. The van der Waals surface area contributed by atoms with E-state index in [0.29, 0.717) is 27.5 Å². The molecule has 7 heteroatoms. The Kier molecular flexibility index (Phi) is 7.44. The fourth-order valence-electron chi connectivity index (χ4n) is 2.90. The van der Waals surface area contributed by atoms with E-state index in [2.05, 4.69) is 0 Å². The number of allylic oxidation sites excluding steroid dienone is 3. The zero-order chi connectivity index (χ0) is 21.0. The summed E-state index contributed by atoms with van der Waals surface area (Å²) < 4.78 is 0. The quantitative estimate of drug-likeness (QED) is 0.408. The van der Waals surface area contributed by atoms with Gasteiger partial charge >= 0.3 is 11.9 Å². The molecule has 0 saturated heterocycles. The van der Waals surface area contributed by atoms with Gasteiger partial charge in [0, 0.05) is 12.6 Å². The van der Waals surface area contributed by atoms with Crippen molar-refractivity contribution in [3.05, 3.63) is 57.6 Å². The minimum atomic E-state index is -1.64. The summed E-state index contributed by atoms with van der Waals surface area (Å²) in [5, 5.41) is 9.97. The van der Waals surface area contributed by atoms with E-state index in [1.54, 1.807) is 13.0 Å². The standard InChI is InChI=1S/C21H23Cl2NO4/c1-12(2)11-24(20(26)21(27)28)19(25)8-13(3)4-5-14-9-16(14)15-6-7-17(22)18(23)10-15/h4-8,10,12,14,16H,9,11H2,1-3H3,(H,27,28). The summed E-state index contributed by atoms with van der Waals surface area (Å²) in [5.41, 5.74) is 1.77. The fraction of sp³-hybridized carbons (Fsp3) is 0.381. The maximum Gasteiger partial charge on any atom is 0.395 e. The molecule has 0 radical (unpaired) electrons. The van der Waals surface area contributed by atoms with Crippen LogP contribution in [0.25, 0.3) is 0 Å². The zero-order valence-corrected chi connectivity index (χ0v) is 17.5. The number of aliphatic carboxylic acids is 1. The predicted molar refractivity (Wildman–Crippen MR) is 109 cm³/mol. The lowest BCUT2D eigenvalue weighted by Gasteiger charge is -2.19. The molecule has 2 unspecified atom stereocenters. The maximum absolute atomic E-state index is 12.4. The molecule has 28 heavy (non-hydrogen) atoms. The van der Waals surface area contributed by atoms with Crippen molar-refractivity contribution in [2.24, 2.45) is 11.8 Å². The first-order valence-corrected chi connectivity index (χ1v) is 9.76. The molecule has 0 bridgehead atoms. The molecule has 1 fully saturated rings. The highest BCUT2D eigenvalue weighted by atomic mass is 35.5. The molecular weight excluding hydrogens is 401 g/mol. The number of carboxylic acid groups (broad SMARTS) is 1. The molecule has 150 valence electrons. The smallest absolute Gasteiger partial charge is 0.395 e. The third kappa shape index (κ3) is 5.94. The molecular formula is C21H23Cl2NO4. The van der Waals surface area contributed by atoms with E-state index >= 15 is 0 Å². The van der Waals surface area contributed by atoms with E-state index in [0.717, 1.165) is 16.9 Å². The van der Waals surface area contributed by atoms with Gasteiger partial charge in [-0.15, -0.1) is 0 Å². The van der Waals surface area contributed by atoms with Gasteiger partial charge in [-0.2, -0.15) is 0 Å². The Bertz CT molecular complexity index is 845. The van der Waals surface area contributed by atoms with E-state index in [4.69, 9.17) is 28.3 Å². The van der Waals surface area contributed by atoms with E-state index in [9.17, 15) is 14.4 Å². The summed E-state index contributed by atoms with van der Waals surface area (Å²) >= 11 is 12.0. The van der Waals surface area contributed by atoms with Crippen LogP contribution in [0.3, 0.4) is 0 Å². The third-order valence-electron chi connectivity index (χ3n) is 4.41. The van der Waals surface area contributed by atoms with Crippen LogP contribution in [0.15, 0.2) is 42.0 Å². The average molecular weight is 424 g/mol. The first-order valence-electron chi connectivity index (χ1n) is 9.00. The molecule has 1 aromatic rings.